The van der Waals surface area contributed by atoms with Crippen molar-refractivity contribution in [2.24, 2.45) is 0 Å². The SMILES string of the molecule is C=CSCCCCCC(=C)CC. The highest BCUT2D eigenvalue weighted by Crippen LogP contribution is 2.12. The molecule has 0 saturated heterocycles. The lowest BCUT2D eigenvalue weighted by Gasteiger charge is -2.01. The van der Waals surface area contributed by atoms with E-state index in [4.69, 9.17) is 0 Å². The molecule has 1 heteroatoms. The Morgan fingerprint density at radius 3 is 2.67 bits per heavy atom. The van der Waals surface area contributed by atoms with Gasteiger partial charge < -0.3 is 0 Å². The third-order valence-corrected chi connectivity index (χ3v) is 2.67. The Bertz CT molecular complexity index is 127. The first-order valence-corrected chi connectivity index (χ1v) is 5.75. The third-order valence-electron chi connectivity index (χ3n) is 1.91. The molecule has 70 valence electrons. The minimum atomic E-state index is 1.14. The summed E-state index contributed by atoms with van der Waals surface area (Å²) in [6.45, 7) is 9.83. The van der Waals surface area contributed by atoms with Crippen molar-refractivity contribution in [3.8, 4) is 0 Å². The van der Waals surface area contributed by atoms with Gasteiger partial charge in [0.2, 0.25) is 0 Å². The largest absolute Gasteiger partial charge is 0.135 e. The van der Waals surface area contributed by atoms with Crippen molar-refractivity contribution < 1.29 is 0 Å². The standard InChI is InChI=1S/C11H20S/c1-4-11(3)9-7-6-8-10-12-5-2/h5H,2-4,6-10H2,1H3. The van der Waals surface area contributed by atoms with Crippen LogP contribution in [0.15, 0.2) is 24.1 Å². The predicted octanol–water partition coefficient (Wildman–Crippen LogP) is 4.39. The molecule has 0 unspecified atom stereocenters. The highest BCUT2D eigenvalue weighted by Gasteiger charge is 1.91. The van der Waals surface area contributed by atoms with E-state index in [1.165, 1.54) is 37.0 Å². The van der Waals surface area contributed by atoms with Gasteiger partial charge in [0.25, 0.3) is 0 Å². The zero-order valence-electron chi connectivity index (χ0n) is 8.14. The van der Waals surface area contributed by atoms with Gasteiger partial charge in [0.1, 0.15) is 0 Å². The molecule has 0 aromatic heterocycles. The van der Waals surface area contributed by atoms with Gasteiger partial charge in [-0.05, 0) is 36.8 Å². The highest BCUT2D eigenvalue weighted by atomic mass is 32.2. The molecule has 0 aliphatic rings. The summed E-state index contributed by atoms with van der Waals surface area (Å²) in [6, 6.07) is 0. The Balaban J connectivity index is 3.00. The first-order chi connectivity index (χ1) is 5.81. The molecule has 0 saturated carbocycles. The van der Waals surface area contributed by atoms with Crippen LogP contribution in [-0.2, 0) is 0 Å². The lowest BCUT2D eigenvalue weighted by molar-refractivity contribution is 0.708. The maximum absolute atomic E-state index is 3.99. The number of unbranched alkanes of at least 4 members (excludes halogenated alkanes) is 2. The Morgan fingerprint density at radius 1 is 1.33 bits per heavy atom. The van der Waals surface area contributed by atoms with Crippen LogP contribution in [0, 0.1) is 0 Å². The van der Waals surface area contributed by atoms with Gasteiger partial charge in [0, 0.05) is 0 Å². The Morgan fingerprint density at radius 2 is 2.08 bits per heavy atom. The molecule has 0 N–H and O–H groups in total. The Hall–Kier alpha value is -0.170. The van der Waals surface area contributed by atoms with Crippen molar-refractivity contribution in [3.05, 3.63) is 24.1 Å². The first kappa shape index (κ1) is 11.8. The fourth-order valence-corrected chi connectivity index (χ4v) is 1.53. The van der Waals surface area contributed by atoms with E-state index >= 15 is 0 Å². The van der Waals surface area contributed by atoms with E-state index in [9.17, 15) is 0 Å². The predicted molar refractivity (Wildman–Crippen MR) is 60.6 cm³/mol. The molecule has 0 nitrogen and oxygen atoms in total. The third kappa shape index (κ3) is 7.93. The molecular weight excluding hydrogens is 164 g/mol. The molecule has 0 rings (SSSR count). The van der Waals surface area contributed by atoms with Crippen molar-refractivity contribution in [1.29, 1.82) is 0 Å². The fraction of sp³-hybridized carbons (Fsp3) is 0.636. The summed E-state index contributed by atoms with van der Waals surface area (Å²) in [5.74, 6) is 1.22. The molecule has 0 aliphatic carbocycles. The van der Waals surface area contributed by atoms with Gasteiger partial charge in [-0.1, -0.05) is 32.1 Å². The van der Waals surface area contributed by atoms with E-state index in [2.05, 4.69) is 20.1 Å². The topological polar surface area (TPSA) is 0 Å². The van der Waals surface area contributed by atoms with Crippen molar-refractivity contribution in [3.63, 3.8) is 0 Å². The quantitative estimate of drug-likeness (QED) is 0.398. The van der Waals surface area contributed by atoms with Crippen molar-refractivity contribution in [2.75, 3.05) is 5.75 Å². The van der Waals surface area contributed by atoms with Crippen LogP contribution < -0.4 is 0 Å². The van der Waals surface area contributed by atoms with Crippen LogP contribution in [0.1, 0.15) is 39.0 Å². The van der Waals surface area contributed by atoms with Crippen molar-refractivity contribution in [2.45, 2.75) is 39.0 Å². The molecule has 0 heterocycles. The summed E-state index contributed by atoms with van der Waals surface area (Å²) in [4.78, 5) is 0. The zero-order chi connectivity index (χ0) is 9.23. The maximum Gasteiger partial charge on any atom is -0.00262 e. The monoisotopic (exact) mass is 184 g/mol. The fourth-order valence-electron chi connectivity index (χ4n) is 0.997. The molecule has 0 aromatic carbocycles. The minimum absolute atomic E-state index is 1.14. The van der Waals surface area contributed by atoms with Crippen LogP contribution in [0.2, 0.25) is 0 Å². The van der Waals surface area contributed by atoms with E-state index in [1.807, 2.05) is 17.2 Å². The molecule has 0 aromatic rings. The van der Waals surface area contributed by atoms with E-state index < -0.39 is 0 Å². The number of rotatable bonds is 8. The number of hydrogen-bond acceptors (Lipinski definition) is 1. The lowest BCUT2D eigenvalue weighted by atomic mass is 10.1. The van der Waals surface area contributed by atoms with Gasteiger partial charge in [-0.2, -0.15) is 0 Å². The van der Waals surface area contributed by atoms with Crippen molar-refractivity contribution in [1.82, 2.24) is 0 Å². The van der Waals surface area contributed by atoms with E-state index in [0.29, 0.717) is 0 Å². The summed E-state index contributed by atoms with van der Waals surface area (Å²) >= 11 is 1.81. The summed E-state index contributed by atoms with van der Waals surface area (Å²) < 4.78 is 0. The van der Waals surface area contributed by atoms with Crippen LogP contribution in [0.25, 0.3) is 0 Å². The van der Waals surface area contributed by atoms with Gasteiger partial charge >= 0.3 is 0 Å². The molecule has 0 amide bonds. The van der Waals surface area contributed by atoms with Crippen molar-refractivity contribution >= 4 is 11.8 Å². The van der Waals surface area contributed by atoms with Crippen LogP contribution in [0.4, 0.5) is 0 Å². The average Bonchev–Trinajstić information content (AvgIpc) is 2.10. The molecule has 12 heavy (non-hydrogen) atoms. The molecule has 0 atom stereocenters. The highest BCUT2D eigenvalue weighted by molar-refractivity contribution is 8.02. The minimum Gasteiger partial charge on any atom is -0.135 e. The summed E-state index contributed by atoms with van der Waals surface area (Å²) in [6.07, 6.45) is 6.31. The molecule has 0 radical (unpaired) electrons. The lowest BCUT2D eigenvalue weighted by Crippen LogP contribution is -1.82. The van der Waals surface area contributed by atoms with Crippen LogP contribution >= 0.6 is 11.8 Å². The van der Waals surface area contributed by atoms with E-state index in [0.717, 1.165) is 6.42 Å². The summed E-state index contributed by atoms with van der Waals surface area (Å²) in [7, 11) is 0. The van der Waals surface area contributed by atoms with E-state index in [-0.39, 0.29) is 0 Å². The van der Waals surface area contributed by atoms with Gasteiger partial charge in [0.05, 0.1) is 0 Å². The average molecular weight is 184 g/mol. The number of hydrogen-bond donors (Lipinski definition) is 0. The second-order valence-corrected chi connectivity index (χ2v) is 4.03. The smallest absolute Gasteiger partial charge is 0.00262 e. The van der Waals surface area contributed by atoms with Gasteiger partial charge in [0.15, 0.2) is 0 Å². The van der Waals surface area contributed by atoms with Gasteiger partial charge in [-0.25, -0.2) is 0 Å². The zero-order valence-corrected chi connectivity index (χ0v) is 8.96. The second-order valence-electron chi connectivity index (χ2n) is 2.95. The normalized spacial score (nSPS) is 9.75. The maximum atomic E-state index is 3.99. The molecule has 0 bridgehead atoms. The molecule has 0 spiro atoms. The van der Waals surface area contributed by atoms with Crippen LogP contribution in [0.5, 0.6) is 0 Å². The first-order valence-electron chi connectivity index (χ1n) is 4.70. The molecular formula is C11H20S. The number of allylic oxidation sites excluding steroid dienone is 1. The summed E-state index contributed by atoms with van der Waals surface area (Å²) in [5.41, 5.74) is 1.39. The molecule has 0 aliphatic heterocycles. The van der Waals surface area contributed by atoms with E-state index in [1.54, 1.807) is 0 Å². The summed E-state index contributed by atoms with van der Waals surface area (Å²) in [5, 5.41) is 1.92. The Labute approximate surface area is 81.1 Å². The van der Waals surface area contributed by atoms with Crippen LogP contribution in [0.3, 0.4) is 0 Å². The van der Waals surface area contributed by atoms with Gasteiger partial charge in [-0.15, -0.1) is 11.8 Å². The Kier molecular flexibility index (Phi) is 8.80. The molecule has 0 fully saturated rings. The van der Waals surface area contributed by atoms with Gasteiger partial charge in [-0.3, -0.25) is 0 Å². The van der Waals surface area contributed by atoms with Crippen LogP contribution in [-0.4, -0.2) is 5.75 Å². The number of thioether (sulfide) groups is 1. The second kappa shape index (κ2) is 8.92.